The fourth-order valence-electron chi connectivity index (χ4n) is 0. The van der Waals surface area contributed by atoms with Crippen molar-refractivity contribution >= 4 is 25.8 Å². The Morgan fingerprint density at radius 2 is 0.500 bits per heavy atom. The van der Waals surface area contributed by atoms with Gasteiger partial charge in [-0.15, -0.1) is 0 Å². The van der Waals surface area contributed by atoms with E-state index >= 15 is 0 Å². The van der Waals surface area contributed by atoms with E-state index in [9.17, 15) is 0 Å². The molecule has 0 spiro atoms. The summed E-state index contributed by atoms with van der Waals surface area (Å²) in [5.41, 5.74) is 0. The van der Waals surface area contributed by atoms with Gasteiger partial charge in [0.2, 0.25) is 0 Å². The Kier molecular flexibility index (Phi) is 151. The molecule has 0 nitrogen and oxygen atoms in total. The molecule has 0 N–H and O–H groups in total. The molecule has 4 heavy (non-hydrogen) atoms. The van der Waals surface area contributed by atoms with E-state index in [-0.39, 0.29) is 75.3 Å². The summed E-state index contributed by atoms with van der Waals surface area (Å²) in [7, 11) is 0. The second-order valence-corrected chi connectivity index (χ2v) is 0. The third-order valence-electron chi connectivity index (χ3n) is 0. The van der Waals surface area contributed by atoms with Gasteiger partial charge in [0.1, 0.15) is 0 Å². The van der Waals surface area contributed by atoms with Crippen molar-refractivity contribution in [3.8, 4) is 0 Å². The van der Waals surface area contributed by atoms with Crippen molar-refractivity contribution in [1.82, 2.24) is 0 Å². The van der Waals surface area contributed by atoms with Crippen molar-refractivity contribution in [2.24, 2.45) is 0 Å². The number of rotatable bonds is 0. The average Bonchev–Trinajstić information content (AvgIpc) is 0. The summed E-state index contributed by atoms with van der Waals surface area (Å²) >= 11 is 0. The van der Waals surface area contributed by atoms with Gasteiger partial charge in [-0.1, -0.05) is 0 Å². The van der Waals surface area contributed by atoms with Crippen LogP contribution < -0.4 is 0 Å². The monoisotopic (exact) mass is 289 g/mol. The molecular formula is InNi3. The van der Waals surface area contributed by atoms with E-state index in [1.54, 1.807) is 0 Å². The van der Waals surface area contributed by atoms with Crippen LogP contribution in [0.5, 0.6) is 0 Å². The van der Waals surface area contributed by atoms with Crippen LogP contribution in [0.3, 0.4) is 0 Å². The summed E-state index contributed by atoms with van der Waals surface area (Å²) in [5.74, 6) is 0. The quantitative estimate of drug-likeness (QED) is 0.533. The molecule has 3 radical (unpaired) electrons. The van der Waals surface area contributed by atoms with E-state index in [4.69, 9.17) is 0 Å². The molecule has 0 aromatic heterocycles. The fourth-order valence-corrected chi connectivity index (χ4v) is 0. The van der Waals surface area contributed by atoms with Crippen molar-refractivity contribution < 1.29 is 49.5 Å². The SMILES string of the molecule is [In].[Ni].[Ni].[Ni]. The van der Waals surface area contributed by atoms with Crippen LogP contribution >= 0.6 is 0 Å². The first-order valence-corrected chi connectivity index (χ1v) is 0. The van der Waals surface area contributed by atoms with Gasteiger partial charge >= 0.3 is 0 Å². The minimum Gasteiger partial charge on any atom is 0 e. The van der Waals surface area contributed by atoms with Crippen molar-refractivity contribution in [1.29, 1.82) is 0 Å². The molecule has 0 aromatic rings. The molecule has 0 fully saturated rings. The molecule has 0 heterocycles. The van der Waals surface area contributed by atoms with E-state index in [0.29, 0.717) is 0 Å². The van der Waals surface area contributed by atoms with Crippen LogP contribution in [0.15, 0.2) is 0 Å². The van der Waals surface area contributed by atoms with E-state index in [2.05, 4.69) is 0 Å². The maximum atomic E-state index is 0. The maximum absolute atomic E-state index is 0. The Bertz CT molecular complexity index is 3.25. The second-order valence-electron chi connectivity index (χ2n) is 0. The maximum Gasteiger partial charge on any atom is 0 e. The van der Waals surface area contributed by atoms with Crippen LogP contribution in [0.2, 0.25) is 0 Å². The van der Waals surface area contributed by atoms with Crippen LogP contribution in [0, 0.1) is 0 Å². The Balaban J connectivity index is 0. The smallest absolute Gasteiger partial charge is 0 e. The van der Waals surface area contributed by atoms with Crippen molar-refractivity contribution in [2.45, 2.75) is 0 Å². The molecule has 0 amide bonds. The summed E-state index contributed by atoms with van der Waals surface area (Å²) in [4.78, 5) is 0. The molecule has 4 heteroatoms. The summed E-state index contributed by atoms with van der Waals surface area (Å²) in [5, 5.41) is 0. The summed E-state index contributed by atoms with van der Waals surface area (Å²) < 4.78 is 0. The molecule has 33 valence electrons. The minimum atomic E-state index is 0. The molecule has 0 aliphatic rings. The molecular weight excluding hydrogens is 291 g/mol. The molecule has 0 saturated carbocycles. The third kappa shape index (κ3) is 8.84. The number of hydrogen-bond acceptors (Lipinski definition) is 0. The zero-order chi connectivity index (χ0) is 0. The van der Waals surface area contributed by atoms with Gasteiger partial charge in [-0.25, -0.2) is 0 Å². The van der Waals surface area contributed by atoms with Gasteiger partial charge in [0.15, 0.2) is 0 Å². The van der Waals surface area contributed by atoms with Gasteiger partial charge in [-0.2, -0.15) is 0 Å². The van der Waals surface area contributed by atoms with Gasteiger partial charge in [0.05, 0.1) is 0 Å². The van der Waals surface area contributed by atoms with E-state index in [0.717, 1.165) is 0 Å². The molecule has 0 aliphatic heterocycles. The Morgan fingerprint density at radius 3 is 0.500 bits per heavy atom. The van der Waals surface area contributed by atoms with Crippen LogP contribution in [0.4, 0.5) is 0 Å². The van der Waals surface area contributed by atoms with E-state index < -0.39 is 0 Å². The van der Waals surface area contributed by atoms with Crippen LogP contribution in [0.25, 0.3) is 0 Å². The standard InChI is InChI=1S/In.3Ni. The first kappa shape index (κ1) is 32.9. The van der Waals surface area contributed by atoms with Crippen molar-refractivity contribution in [3.63, 3.8) is 0 Å². The zero-order valence-corrected chi connectivity index (χ0v) is 7.78. The fraction of sp³-hybridized carbons (Fsp3) is 0. The van der Waals surface area contributed by atoms with Crippen molar-refractivity contribution in [3.05, 3.63) is 0 Å². The topological polar surface area (TPSA) is 0 Å². The molecule has 0 aromatic carbocycles. The largest absolute Gasteiger partial charge is 0 e. The summed E-state index contributed by atoms with van der Waals surface area (Å²) in [6.45, 7) is 0. The first-order valence-electron chi connectivity index (χ1n) is 0. The van der Waals surface area contributed by atoms with Gasteiger partial charge < -0.3 is 0 Å². The molecule has 0 saturated heterocycles. The Morgan fingerprint density at radius 1 is 0.500 bits per heavy atom. The van der Waals surface area contributed by atoms with Gasteiger partial charge in [-0.05, 0) is 0 Å². The molecule has 0 unspecified atom stereocenters. The van der Waals surface area contributed by atoms with Gasteiger partial charge in [0.25, 0.3) is 0 Å². The molecule has 0 rings (SSSR count). The molecule has 0 bridgehead atoms. The Labute approximate surface area is 74.4 Å². The summed E-state index contributed by atoms with van der Waals surface area (Å²) in [6, 6.07) is 0. The minimum absolute atomic E-state index is 0. The van der Waals surface area contributed by atoms with E-state index in [1.165, 1.54) is 0 Å². The van der Waals surface area contributed by atoms with Crippen molar-refractivity contribution in [2.75, 3.05) is 0 Å². The van der Waals surface area contributed by atoms with E-state index in [1.807, 2.05) is 0 Å². The normalized spacial score (nSPS) is 0. The summed E-state index contributed by atoms with van der Waals surface area (Å²) in [6.07, 6.45) is 0. The van der Waals surface area contributed by atoms with Crippen LogP contribution in [-0.2, 0) is 49.5 Å². The van der Waals surface area contributed by atoms with Gasteiger partial charge in [0, 0.05) is 75.3 Å². The number of hydrogen-bond donors (Lipinski definition) is 0. The Hall–Kier alpha value is 2.35. The predicted octanol–water partition coefficient (Wildman–Crippen LogP) is -0.388. The zero-order valence-electron chi connectivity index (χ0n) is 1.53. The average molecular weight is 291 g/mol. The molecule has 0 aliphatic carbocycles. The second kappa shape index (κ2) is 18.3. The van der Waals surface area contributed by atoms with Crippen LogP contribution in [0.1, 0.15) is 0 Å². The third-order valence-corrected chi connectivity index (χ3v) is 0. The van der Waals surface area contributed by atoms with Crippen LogP contribution in [-0.4, -0.2) is 25.8 Å². The van der Waals surface area contributed by atoms with Gasteiger partial charge in [-0.3, -0.25) is 0 Å². The first-order chi connectivity index (χ1) is 0. The molecule has 0 atom stereocenters. The predicted molar refractivity (Wildman–Crippen MR) is 5.75 cm³/mol.